The maximum Gasteiger partial charge on any atom is 0.143 e. The van der Waals surface area contributed by atoms with Crippen LogP contribution in [0.15, 0.2) is 418 Å². The molecular formula is C108H72Br2N2O2. The van der Waals surface area contributed by atoms with E-state index in [1.807, 2.05) is 6.07 Å². The number of anilines is 6. The van der Waals surface area contributed by atoms with Crippen molar-refractivity contribution in [1.82, 2.24) is 0 Å². The molecule has 540 valence electrons. The highest BCUT2D eigenvalue weighted by Crippen LogP contribution is 2.67. The summed E-state index contributed by atoms with van der Waals surface area (Å²) in [5.74, 6) is 0. The maximum atomic E-state index is 7.01. The largest absolute Gasteiger partial charge is 0.455 e. The Hall–Kier alpha value is -13.4. The SMILES string of the molecule is Brc1ccc2c(c1)C1(c3cc(Br)ccc3-2)c2ccc3c(oc4ccccc43)c2-c2cccc3cccc1c23.C.c1ccc(Cc2ccccc2)cc1.c1ccc(N(c2ccccc2)c2ccc3c(c2)C2(c4cc(N(c5ccccc5)c5ccccc5)ccc4-3)c3ccc4c(oc5ccccc54)c3-c3cccc4cccc2c34)cc1. The molecule has 18 aromatic carbocycles. The molecule has 6 heteroatoms. The molecule has 0 bridgehead atoms. The Morgan fingerprint density at radius 2 is 0.561 bits per heavy atom. The highest BCUT2D eigenvalue weighted by molar-refractivity contribution is 9.10. The molecule has 4 nitrogen and oxygen atoms in total. The van der Waals surface area contributed by atoms with Crippen LogP contribution in [0.25, 0.3) is 110 Å². The molecule has 2 spiro atoms. The summed E-state index contributed by atoms with van der Waals surface area (Å²) in [6.07, 6.45) is 1.03. The number of para-hydroxylation sites is 6. The molecule has 114 heavy (non-hydrogen) atoms. The molecule has 0 amide bonds. The number of halogens is 2. The van der Waals surface area contributed by atoms with Gasteiger partial charge in [0, 0.05) is 75.7 Å². The van der Waals surface area contributed by atoms with E-state index in [0.29, 0.717) is 0 Å². The summed E-state index contributed by atoms with van der Waals surface area (Å²) in [6, 6.07) is 145. The zero-order valence-corrected chi connectivity index (χ0v) is 64.5. The van der Waals surface area contributed by atoms with E-state index in [1.54, 1.807) is 0 Å². The van der Waals surface area contributed by atoms with Crippen molar-refractivity contribution in [2.45, 2.75) is 24.7 Å². The van der Waals surface area contributed by atoms with Gasteiger partial charge < -0.3 is 18.6 Å². The van der Waals surface area contributed by atoms with E-state index in [-0.39, 0.29) is 7.43 Å². The fraction of sp³-hybridized carbons (Fsp3) is 0.0370. The van der Waals surface area contributed by atoms with E-state index in [2.05, 4.69) is 436 Å². The van der Waals surface area contributed by atoms with Crippen molar-refractivity contribution in [2.24, 2.45) is 0 Å². The van der Waals surface area contributed by atoms with E-state index in [9.17, 15) is 0 Å². The Kier molecular flexibility index (Phi) is 16.6. The number of furan rings is 2. The Balaban J connectivity index is 0.000000132. The average molecular weight is 1590 g/mol. The molecule has 0 aliphatic heterocycles. The lowest BCUT2D eigenvalue weighted by atomic mass is 9.61. The normalized spacial score (nSPS) is 12.9. The van der Waals surface area contributed by atoms with Gasteiger partial charge in [-0.2, -0.15) is 0 Å². The second kappa shape index (κ2) is 27.5. The van der Waals surface area contributed by atoms with E-state index in [4.69, 9.17) is 8.83 Å². The van der Waals surface area contributed by atoms with Gasteiger partial charge in [-0.25, -0.2) is 0 Å². The lowest BCUT2D eigenvalue weighted by molar-refractivity contribution is 0.666. The fourth-order valence-corrected chi connectivity index (χ4v) is 20.1. The monoisotopic (exact) mass is 1590 g/mol. The second-order valence-electron chi connectivity index (χ2n) is 29.8. The number of hydrogen-bond acceptors (Lipinski definition) is 4. The highest BCUT2D eigenvalue weighted by Gasteiger charge is 2.53. The molecule has 4 aliphatic rings. The molecule has 0 saturated heterocycles. The van der Waals surface area contributed by atoms with Gasteiger partial charge in [0.1, 0.15) is 22.3 Å². The summed E-state index contributed by atoms with van der Waals surface area (Å²) in [5, 5.41) is 9.60. The van der Waals surface area contributed by atoms with Crippen molar-refractivity contribution >= 4 is 131 Å². The van der Waals surface area contributed by atoms with Crippen molar-refractivity contribution in [3.8, 4) is 44.5 Å². The van der Waals surface area contributed by atoms with Gasteiger partial charge >= 0.3 is 0 Å². The number of benzene rings is 18. The van der Waals surface area contributed by atoms with Gasteiger partial charge in [-0.15, -0.1) is 0 Å². The van der Waals surface area contributed by atoms with Gasteiger partial charge in [0.15, 0.2) is 0 Å². The van der Waals surface area contributed by atoms with E-state index in [1.165, 1.54) is 116 Å². The molecule has 20 aromatic rings. The minimum Gasteiger partial charge on any atom is -0.455 e. The molecule has 24 rings (SSSR count). The quantitative estimate of drug-likeness (QED) is 0.152. The van der Waals surface area contributed by atoms with Gasteiger partial charge in [0.25, 0.3) is 0 Å². The molecule has 2 heterocycles. The van der Waals surface area contributed by atoms with E-state index < -0.39 is 10.8 Å². The summed E-state index contributed by atoms with van der Waals surface area (Å²) in [4.78, 5) is 4.77. The Morgan fingerprint density at radius 3 is 0.939 bits per heavy atom. The van der Waals surface area contributed by atoms with Gasteiger partial charge in [-0.05, 0) is 226 Å². The minimum absolute atomic E-state index is 0. The minimum atomic E-state index is -0.717. The highest BCUT2D eigenvalue weighted by atomic mass is 79.9. The summed E-state index contributed by atoms with van der Waals surface area (Å²) in [5.41, 5.74) is 31.9. The van der Waals surface area contributed by atoms with Crippen LogP contribution >= 0.6 is 31.9 Å². The summed E-state index contributed by atoms with van der Waals surface area (Å²) in [6.45, 7) is 0. The van der Waals surface area contributed by atoms with Gasteiger partial charge in [0.2, 0.25) is 0 Å². The van der Waals surface area contributed by atoms with Crippen molar-refractivity contribution in [2.75, 3.05) is 9.80 Å². The third-order valence-corrected chi connectivity index (χ3v) is 24.9. The Labute approximate surface area is 679 Å². The van der Waals surface area contributed by atoms with Crippen molar-refractivity contribution < 1.29 is 8.83 Å². The van der Waals surface area contributed by atoms with Crippen LogP contribution in [0.5, 0.6) is 0 Å². The molecule has 4 aliphatic carbocycles. The standard InChI is InChI=1S/C59H38N2O.C35H18Br2O.C13H12.CH4/c1-5-19-40(20-6-1)60(41-21-7-2-8-22-41)44-31-33-46-47-34-32-45(61(42-23-9-3-10-24-42)43-25-11-4-12-26-43)38-54(47)59(53(46)37-44)51-29-16-18-39-17-15-28-50(56(39)51)57-52(59)36-35-49-48-27-13-14-30-55(48)62-58(49)57;36-20-11-13-22-23-14-12-21(37)18-30(23)35(29(22)17-20)27-9-4-6-19-5-3-8-26(32(19)27)33-28(35)16-15-25-24-7-1-2-10-31(24)38-34(25)33;1-3-7-12(8-4-1)11-13-9-5-2-6-10-13;/h1-38H;1-18H;1-10H,11H2;1H4. The van der Waals surface area contributed by atoms with Crippen LogP contribution in [0.4, 0.5) is 34.1 Å². The van der Waals surface area contributed by atoms with E-state index in [0.717, 1.165) is 98.9 Å². The average Bonchev–Trinajstić information content (AvgIpc) is 1.46. The summed E-state index contributed by atoms with van der Waals surface area (Å²) >= 11 is 7.64. The first-order chi connectivity index (χ1) is 55.9. The third kappa shape index (κ3) is 10.5. The molecule has 0 N–H and O–H groups in total. The smallest absolute Gasteiger partial charge is 0.143 e. The first-order valence-corrected chi connectivity index (χ1v) is 40.2. The zero-order valence-electron chi connectivity index (χ0n) is 61.3. The van der Waals surface area contributed by atoms with Crippen molar-refractivity contribution in [3.63, 3.8) is 0 Å². The van der Waals surface area contributed by atoms with Crippen LogP contribution in [0.3, 0.4) is 0 Å². The zero-order chi connectivity index (χ0) is 74.9. The number of rotatable bonds is 8. The molecule has 0 radical (unpaired) electrons. The topological polar surface area (TPSA) is 32.8 Å². The van der Waals surface area contributed by atoms with Crippen LogP contribution < -0.4 is 9.80 Å². The summed E-state index contributed by atoms with van der Waals surface area (Å²) in [7, 11) is 0. The first kappa shape index (κ1) is 68.7. The van der Waals surface area contributed by atoms with Crippen molar-refractivity contribution in [3.05, 3.63) is 465 Å². The fourth-order valence-electron chi connectivity index (χ4n) is 19.4. The predicted molar refractivity (Wildman–Crippen MR) is 482 cm³/mol. The second-order valence-corrected chi connectivity index (χ2v) is 31.7. The van der Waals surface area contributed by atoms with Crippen LogP contribution in [0.2, 0.25) is 0 Å². The predicted octanol–water partition coefficient (Wildman–Crippen LogP) is 30.5. The van der Waals surface area contributed by atoms with E-state index >= 15 is 0 Å². The number of hydrogen-bond donors (Lipinski definition) is 0. The lowest BCUT2D eigenvalue weighted by Crippen LogP contribution is -2.32. The number of fused-ring (bicyclic) bond motifs is 26. The molecule has 0 fully saturated rings. The third-order valence-electron chi connectivity index (χ3n) is 23.9. The van der Waals surface area contributed by atoms with Gasteiger partial charge in [-0.3, -0.25) is 0 Å². The van der Waals surface area contributed by atoms with Crippen LogP contribution in [0.1, 0.15) is 63.1 Å². The van der Waals surface area contributed by atoms with Gasteiger partial charge in [0.05, 0.1) is 10.8 Å². The van der Waals surface area contributed by atoms with Crippen molar-refractivity contribution in [1.29, 1.82) is 0 Å². The molecule has 0 saturated carbocycles. The Morgan fingerprint density at radius 1 is 0.237 bits per heavy atom. The number of nitrogens with zero attached hydrogens (tertiary/aromatic N) is 2. The molecule has 0 atom stereocenters. The van der Waals surface area contributed by atoms with Crippen LogP contribution in [-0.4, -0.2) is 0 Å². The van der Waals surface area contributed by atoms with Crippen LogP contribution in [-0.2, 0) is 17.3 Å². The van der Waals surface area contributed by atoms with Gasteiger partial charge in [-0.1, -0.05) is 330 Å². The molecule has 2 aromatic heterocycles. The molecular weight excluding hydrogens is 1520 g/mol. The maximum absolute atomic E-state index is 7.01. The molecule has 0 unspecified atom stereocenters. The lowest BCUT2D eigenvalue weighted by Gasteiger charge is -2.40. The van der Waals surface area contributed by atoms with Crippen LogP contribution in [0, 0.1) is 0 Å². The summed E-state index contributed by atoms with van der Waals surface area (Å²) < 4.78 is 15.9. The Bertz CT molecular complexity index is 6870. The first-order valence-electron chi connectivity index (χ1n) is 38.6.